The molecule has 2 atom stereocenters. The molecule has 0 aliphatic heterocycles. The lowest BCUT2D eigenvalue weighted by Crippen LogP contribution is -2.52. The van der Waals surface area contributed by atoms with Crippen LogP contribution in [0.2, 0.25) is 0 Å². The van der Waals surface area contributed by atoms with Crippen molar-refractivity contribution in [3.8, 4) is 0 Å². The smallest absolute Gasteiger partial charge is 0.0741 e. The molecule has 130 valence electrons. The van der Waals surface area contributed by atoms with E-state index < -0.39 is 12.2 Å². The van der Waals surface area contributed by atoms with Crippen LogP contribution in [-0.2, 0) is 0 Å². The van der Waals surface area contributed by atoms with Crippen LogP contribution in [-0.4, -0.2) is 40.5 Å². The Labute approximate surface area is 144 Å². The third-order valence-electron chi connectivity index (χ3n) is 5.40. The minimum Gasteiger partial charge on any atom is -0.392 e. The Bertz CT molecular complexity index is 678. The minimum atomic E-state index is -0.559. The monoisotopic (exact) mass is 328 g/mol. The summed E-state index contributed by atoms with van der Waals surface area (Å²) < 4.78 is 0. The Balaban J connectivity index is 1.78. The van der Waals surface area contributed by atoms with Crippen LogP contribution in [0.25, 0.3) is 0 Å². The lowest BCUT2D eigenvalue weighted by Gasteiger charge is -2.46. The fraction of sp³-hybridized carbons (Fsp3) is 0.500. The Morgan fingerprint density at radius 1 is 0.958 bits per heavy atom. The molecule has 1 fully saturated rings. The first-order chi connectivity index (χ1) is 11.5. The third kappa shape index (κ3) is 2.74. The van der Waals surface area contributed by atoms with E-state index in [0.717, 1.165) is 35.6 Å². The van der Waals surface area contributed by atoms with Crippen molar-refractivity contribution in [3.63, 3.8) is 0 Å². The molecule has 1 aliphatic rings. The zero-order valence-electron chi connectivity index (χ0n) is 15.0. The highest BCUT2D eigenvalue weighted by Crippen LogP contribution is 2.48. The van der Waals surface area contributed by atoms with Gasteiger partial charge in [-0.2, -0.15) is 0 Å². The van der Waals surface area contributed by atoms with Gasteiger partial charge in [-0.3, -0.25) is 0 Å². The fourth-order valence-corrected chi connectivity index (χ4v) is 4.03. The second-order valence-electron chi connectivity index (χ2n) is 6.85. The summed E-state index contributed by atoms with van der Waals surface area (Å²) in [5, 5.41) is 21.3. The summed E-state index contributed by atoms with van der Waals surface area (Å²) in [4.78, 5) is 5.57. The van der Waals surface area contributed by atoms with Gasteiger partial charge in [-0.05, 0) is 57.0 Å². The first-order valence-electron chi connectivity index (χ1n) is 8.85. The molecule has 1 heterocycles. The van der Waals surface area contributed by atoms with E-state index in [2.05, 4.69) is 41.9 Å². The second kappa shape index (κ2) is 6.61. The summed E-state index contributed by atoms with van der Waals surface area (Å²) in [7, 11) is 0. The number of hydrogen-bond acceptors (Lipinski definition) is 3. The Morgan fingerprint density at radius 2 is 1.54 bits per heavy atom. The van der Waals surface area contributed by atoms with Crippen molar-refractivity contribution in [3.05, 3.63) is 52.8 Å². The maximum Gasteiger partial charge on any atom is 0.0741 e. The highest BCUT2D eigenvalue weighted by Gasteiger charge is 2.51. The first kappa shape index (κ1) is 17.1. The van der Waals surface area contributed by atoms with E-state index in [9.17, 15) is 10.2 Å². The van der Waals surface area contributed by atoms with Gasteiger partial charge in [0, 0.05) is 36.1 Å². The number of aromatic nitrogens is 1. The SMILES string of the molecule is CCN(CC)c1ccc(C2C(O)C(c3[nH]c(C)cc3C)C2O)cc1. The van der Waals surface area contributed by atoms with Crippen LogP contribution < -0.4 is 4.90 Å². The van der Waals surface area contributed by atoms with Crippen molar-refractivity contribution >= 4 is 5.69 Å². The van der Waals surface area contributed by atoms with Crippen LogP contribution in [0.5, 0.6) is 0 Å². The summed E-state index contributed by atoms with van der Waals surface area (Å²) in [6, 6.07) is 10.3. The third-order valence-corrected chi connectivity index (χ3v) is 5.40. The summed E-state index contributed by atoms with van der Waals surface area (Å²) in [5.74, 6) is -0.449. The minimum absolute atomic E-state index is 0.219. The largest absolute Gasteiger partial charge is 0.392 e. The van der Waals surface area contributed by atoms with Crippen LogP contribution in [0.1, 0.15) is 48.2 Å². The predicted molar refractivity (Wildman–Crippen MR) is 97.8 cm³/mol. The molecule has 0 radical (unpaired) electrons. The van der Waals surface area contributed by atoms with Gasteiger partial charge < -0.3 is 20.1 Å². The molecule has 0 spiro atoms. The van der Waals surface area contributed by atoms with Crippen LogP contribution >= 0.6 is 0 Å². The van der Waals surface area contributed by atoms with Crippen molar-refractivity contribution in [2.75, 3.05) is 18.0 Å². The van der Waals surface area contributed by atoms with Crippen molar-refractivity contribution in [2.24, 2.45) is 0 Å². The standard InChI is InChI=1S/C20H28N2O2/c1-5-22(6-2)15-9-7-14(8-10-15)16-19(23)17(20(16)24)18-12(3)11-13(4)21-18/h7-11,16-17,19-21,23-24H,5-6H2,1-4H3. The molecule has 1 aromatic heterocycles. The average molecular weight is 328 g/mol. The normalized spacial score (nSPS) is 26.2. The van der Waals surface area contributed by atoms with E-state index in [4.69, 9.17) is 0 Å². The maximum atomic E-state index is 10.7. The van der Waals surface area contributed by atoms with E-state index >= 15 is 0 Å². The summed E-state index contributed by atoms with van der Waals surface area (Å²) in [6.45, 7) is 10.2. The Kier molecular flexibility index (Phi) is 4.70. The number of nitrogens with zero attached hydrogens (tertiary/aromatic N) is 1. The van der Waals surface area contributed by atoms with Gasteiger partial charge in [0.2, 0.25) is 0 Å². The number of benzene rings is 1. The number of aryl methyl sites for hydroxylation is 2. The molecule has 24 heavy (non-hydrogen) atoms. The van der Waals surface area contributed by atoms with E-state index in [1.165, 1.54) is 5.69 Å². The molecule has 1 aliphatic carbocycles. The lowest BCUT2D eigenvalue weighted by atomic mass is 9.64. The molecule has 4 nitrogen and oxygen atoms in total. The molecule has 0 bridgehead atoms. The van der Waals surface area contributed by atoms with Gasteiger partial charge in [0.25, 0.3) is 0 Å². The Hall–Kier alpha value is -1.78. The van der Waals surface area contributed by atoms with Crippen molar-refractivity contribution in [1.29, 1.82) is 0 Å². The first-order valence-corrected chi connectivity index (χ1v) is 8.85. The molecular weight excluding hydrogens is 300 g/mol. The molecule has 4 heteroatoms. The van der Waals surface area contributed by atoms with Crippen LogP contribution in [0.15, 0.2) is 30.3 Å². The van der Waals surface area contributed by atoms with Gasteiger partial charge in [-0.15, -0.1) is 0 Å². The maximum absolute atomic E-state index is 10.7. The van der Waals surface area contributed by atoms with Gasteiger partial charge in [0.1, 0.15) is 0 Å². The van der Waals surface area contributed by atoms with Gasteiger partial charge in [-0.25, -0.2) is 0 Å². The van der Waals surface area contributed by atoms with Crippen LogP contribution in [0.3, 0.4) is 0 Å². The predicted octanol–water partition coefficient (Wildman–Crippen LogP) is 3.08. The highest BCUT2D eigenvalue weighted by atomic mass is 16.3. The quantitative estimate of drug-likeness (QED) is 0.790. The molecular formula is C20H28N2O2. The topological polar surface area (TPSA) is 59.5 Å². The van der Waals surface area contributed by atoms with Gasteiger partial charge in [0.15, 0.2) is 0 Å². The molecule has 3 N–H and O–H groups in total. The molecule has 2 unspecified atom stereocenters. The molecule has 2 aromatic rings. The van der Waals surface area contributed by atoms with Crippen molar-refractivity contribution < 1.29 is 10.2 Å². The van der Waals surface area contributed by atoms with E-state index in [0.29, 0.717) is 0 Å². The van der Waals surface area contributed by atoms with Crippen molar-refractivity contribution in [1.82, 2.24) is 4.98 Å². The number of anilines is 1. The molecule has 1 saturated carbocycles. The number of aromatic amines is 1. The summed E-state index contributed by atoms with van der Waals surface area (Å²) >= 11 is 0. The molecule has 3 rings (SSSR count). The number of nitrogens with one attached hydrogen (secondary N) is 1. The van der Waals surface area contributed by atoms with Crippen LogP contribution in [0, 0.1) is 13.8 Å². The molecule has 0 amide bonds. The number of aliphatic hydroxyl groups excluding tert-OH is 2. The summed E-state index contributed by atoms with van der Waals surface area (Å²) in [5.41, 5.74) is 5.31. The number of H-pyrrole nitrogens is 1. The summed E-state index contributed by atoms with van der Waals surface area (Å²) in [6.07, 6.45) is -1.12. The zero-order valence-corrected chi connectivity index (χ0v) is 15.0. The molecule has 1 aromatic carbocycles. The number of rotatable bonds is 5. The van der Waals surface area contributed by atoms with Gasteiger partial charge in [-0.1, -0.05) is 12.1 Å². The van der Waals surface area contributed by atoms with Crippen molar-refractivity contribution in [2.45, 2.75) is 51.7 Å². The van der Waals surface area contributed by atoms with Crippen LogP contribution in [0.4, 0.5) is 5.69 Å². The Morgan fingerprint density at radius 3 is 2.00 bits per heavy atom. The van der Waals surface area contributed by atoms with Gasteiger partial charge in [0.05, 0.1) is 18.1 Å². The second-order valence-corrected chi connectivity index (χ2v) is 6.85. The molecule has 0 saturated heterocycles. The number of aliphatic hydroxyl groups is 2. The lowest BCUT2D eigenvalue weighted by molar-refractivity contribution is -0.0800. The van der Waals surface area contributed by atoms with E-state index in [1.54, 1.807) is 0 Å². The fourth-order valence-electron chi connectivity index (χ4n) is 4.03. The van der Waals surface area contributed by atoms with E-state index in [-0.39, 0.29) is 11.8 Å². The highest BCUT2D eigenvalue weighted by molar-refractivity contribution is 5.49. The number of hydrogen-bond donors (Lipinski definition) is 3. The zero-order chi connectivity index (χ0) is 17.4. The average Bonchev–Trinajstić information content (AvgIpc) is 2.88. The van der Waals surface area contributed by atoms with E-state index in [1.807, 2.05) is 26.0 Å². The van der Waals surface area contributed by atoms with Gasteiger partial charge >= 0.3 is 0 Å².